The van der Waals surface area contributed by atoms with Gasteiger partial charge in [-0.25, -0.2) is 4.99 Å². The number of benzene rings is 1. The van der Waals surface area contributed by atoms with Gasteiger partial charge in [-0.15, -0.1) is 0 Å². The average molecular weight is 312 g/mol. The minimum Gasteiger partial charge on any atom is -0.357 e. The van der Waals surface area contributed by atoms with Crippen molar-refractivity contribution in [3.63, 3.8) is 0 Å². The molecular formula is C15H22ClN3S. The lowest BCUT2D eigenvalue weighted by Crippen LogP contribution is -2.40. The van der Waals surface area contributed by atoms with E-state index in [4.69, 9.17) is 11.6 Å². The normalized spacial score (nSPS) is 19.1. The third-order valence-electron chi connectivity index (χ3n) is 3.17. The first-order valence-corrected chi connectivity index (χ1v) is 8.59. The maximum Gasteiger partial charge on any atom is 0.191 e. The summed E-state index contributed by atoms with van der Waals surface area (Å²) in [5, 5.41) is 8.21. The highest BCUT2D eigenvalue weighted by molar-refractivity contribution is 8.00. The van der Waals surface area contributed by atoms with Crippen LogP contribution in [-0.2, 0) is 6.54 Å². The highest BCUT2D eigenvalue weighted by Gasteiger charge is 2.15. The summed E-state index contributed by atoms with van der Waals surface area (Å²) in [6.45, 7) is 4.60. The van der Waals surface area contributed by atoms with E-state index >= 15 is 0 Å². The fourth-order valence-corrected chi connectivity index (χ4v) is 3.58. The van der Waals surface area contributed by atoms with Crippen LogP contribution in [0.15, 0.2) is 29.3 Å². The molecule has 2 N–H and O–H groups in total. The number of guanidine groups is 1. The van der Waals surface area contributed by atoms with Crippen LogP contribution in [0.3, 0.4) is 0 Å². The van der Waals surface area contributed by atoms with Crippen LogP contribution in [0.25, 0.3) is 0 Å². The summed E-state index contributed by atoms with van der Waals surface area (Å²) in [6, 6.07) is 7.85. The lowest BCUT2D eigenvalue weighted by molar-refractivity contribution is 0.727. The molecule has 1 aromatic carbocycles. The first kappa shape index (κ1) is 15.5. The lowest BCUT2D eigenvalue weighted by atomic mass is 10.2. The van der Waals surface area contributed by atoms with Crippen LogP contribution in [-0.4, -0.2) is 30.1 Å². The highest BCUT2D eigenvalue weighted by Crippen LogP contribution is 2.25. The quantitative estimate of drug-likeness (QED) is 0.647. The summed E-state index contributed by atoms with van der Waals surface area (Å²) in [7, 11) is 0. The van der Waals surface area contributed by atoms with Gasteiger partial charge in [0.1, 0.15) is 0 Å². The number of thioether (sulfide) groups is 1. The van der Waals surface area contributed by atoms with E-state index in [1.54, 1.807) is 0 Å². The molecule has 1 heterocycles. The van der Waals surface area contributed by atoms with Crippen LogP contribution in [0.5, 0.6) is 0 Å². The molecule has 0 amide bonds. The van der Waals surface area contributed by atoms with Gasteiger partial charge >= 0.3 is 0 Å². The van der Waals surface area contributed by atoms with Crippen molar-refractivity contribution in [2.75, 3.05) is 18.8 Å². The highest BCUT2D eigenvalue weighted by atomic mass is 35.5. The van der Waals surface area contributed by atoms with Crippen molar-refractivity contribution in [2.45, 2.75) is 31.6 Å². The van der Waals surface area contributed by atoms with Crippen LogP contribution in [0, 0.1) is 0 Å². The molecule has 1 fully saturated rings. The third kappa shape index (κ3) is 5.25. The molecule has 0 bridgehead atoms. The second-order valence-electron chi connectivity index (χ2n) is 4.84. The molecule has 1 aliphatic heterocycles. The van der Waals surface area contributed by atoms with Crippen LogP contribution >= 0.6 is 23.4 Å². The van der Waals surface area contributed by atoms with E-state index in [1.807, 2.05) is 24.3 Å². The maximum atomic E-state index is 5.99. The maximum absolute atomic E-state index is 5.99. The molecular weight excluding hydrogens is 290 g/mol. The predicted molar refractivity (Wildman–Crippen MR) is 89.8 cm³/mol. The Morgan fingerprint density at radius 1 is 1.45 bits per heavy atom. The van der Waals surface area contributed by atoms with E-state index in [2.05, 4.69) is 34.3 Å². The lowest BCUT2D eigenvalue weighted by Gasteiger charge is -2.14. The first-order chi connectivity index (χ1) is 9.78. The van der Waals surface area contributed by atoms with E-state index < -0.39 is 0 Å². The van der Waals surface area contributed by atoms with Gasteiger partial charge in [0, 0.05) is 23.4 Å². The summed E-state index contributed by atoms with van der Waals surface area (Å²) in [5.41, 5.74) is 1.13. The molecule has 1 aromatic rings. The molecule has 3 nitrogen and oxygen atoms in total. The SMILES string of the molecule is CCNC(=NCc1cccc(Cl)c1)NCC1CCCS1. The summed E-state index contributed by atoms with van der Waals surface area (Å²) in [5.74, 6) is 2.18. The van der Waals surface area contributed by atoms with Crippen molar-refractivity contribution in [1.29, 1.82) is 0 Å². The number of halogens is 1. The van der Waals surface area contributed by atoms with Gasteiger partial charge in [0.05, 0.1) is 6.54 Å². The van der Waals surface area contributed by atoms with E-state index in [1.165, 1.54) is 18.6 Å². The second kappa shape index (κ2) is 8.42. The average Bonchev–Trinajstić information content (AvgIpc) is 2.95. The van der Waals surface area contributed by atoms with Gasteiger partial charge < -0.3 is 10.6 Å². The van der Waals surface area contributed by atoms with E-state index in [0.29, 0.717) is 6.54 Å². The van der Waals surface area contributed by atoms with Crippen molar-refractivity contribution < 1.29 is 0 Å². The van der Waals surface area contributed by atoms with Gasteiger partial charge in [-0.2, -0.15) is 11.8 Å². The predicted octanol–water partition coefficient (Wildman–Crippen LogP) is 3.29. The molecule has 0 saturated carbocycles. The van der Waals surface area contributed by atoms with Crippen molar-refractivity contribution in [2.24, 2.45) is 4.99 Å². The molecule has 1 aliphatic rings. The standard InChI is InChI=1S/C15H22ClN3S/c1-2-17-15(19-11-14-7-4-8-20-14)18-10-12-5-3-6-13(16)9-12/h3,5-6,9,14H,2,4,7-8,10-11H2,1H3,(H2,17,18,19). The largest absolute Gasteiger partial charge is 0.357 e. The zero-order valence-electron chi connectivity index (χ0n) is 11.9. The van der Waals surface area contributed by atoms with Gasteiger partial charge in [0.15, 0.2) is 5.96 Å². The zero-order valence-corrected chi connectivity index (χ0v) is 13.4. The molecule has 1 saturated heterocycles. The monoisotopic (exact) mass is 311 g/mol. The molecule has 1 unspecified atom stereocenters. The van der Waals surface area contributed by atoms with Crippen LogP contribution in [0.2, 0.25) is 5.02 Å². The zero-order chi connectivity index (χ0) is 14.2. The summed E-state index contributed by atoms with van der Waals surface area (Å²) >= 11 is 8.04. The molecule has 0 aromatic heterocycles. The topological polar surface area (TPSA) is 36.4 Å². The number of hydrogen-bond donors (Lipinski definition) is 2. The number of rotatable bonds is 5. The molecule has 110 valence electrons. The molecule has 5 heteroatoms. The Kier molecular flexibility index (Phi) is 6.54. The molecule has 0 radical (unpaired) electrons. The van der Waals surface area contributed by atoms with Gasteiger partial charge in [0.2, 0.25) is 0 Å². The van der Waals surface area contributed by atoms with E-state index in [-0.39, 0.29) is 0 Å². The van der Waals surface area contributed by atoms with Crippen molar-refractivity contribution >= 4 is 29.3 Å². The second-order valence-corrected chi connectivity index (χ2v) is 6.69. The van der Waals surface area contributed by atoms with Gasteiger partial charge in [0.25, 0.3) is 0 Å². The third-order valence-corrected chi connectivity index (χ3v) is 4.81. The number of nitrogens with zero attached hydrogens (tertiary/aromatic N) is 1. The summed E-state index contributed by atoms with van der Waals surface area (Å²) in [4.78, 5) is 4.61. The van der Waals surface area contributed by atoms with Gasteiger partial charge in [-0.05, 0) is 43.2 Å². The molecule has 1 atom stereocenters. The van der Waals surface area contributed by atoms with Crippen molar-refractivity contribution in [1.82, 2.24) is 10.6 Å². The summed E-state index contributed by atoms with van der Waals surface area (Å²) < 4.78 is 0. The number of aliphatic imine (C=N–C) groups is 1. The molecule has 0 aliphatic carbocycles. The Morgan fingerprint density at radius 3 is 3.05 bits per heavy atom. The Bertz CT molecular complexity index is 444. The smallest absolute Gasteiger partial charge is 0.191 e. The first-order valence-electron chi connectivity index (χ1n) is 7.16. The Balaban J connectivity index is 1.87. The van der Waals surface area contributed by atoms with E-state index in [9.17, 15) is 0 Å². The molecule has 2 rings (SSSR count). The van der Waals surface area contributed by atoms with E-state index in [0.717, 1.165) is 34.9 Å². The minimum absolute atomic E-state index is 0.647. The van der Waals surface area contributed by atoms with Crippen LogP contribution < -0.4 is 10.6 Å². The Morgan fingerprint density at radius 2 is 2.35 bits per heavy atom. The Hall–Kier alpha value is -0.870. The number of hydrogen-bond acceptors (Lipinski definition) is 2. The molecule has 20 heavy (non-hydrogen) atoms. The van der Waals surface area contributed by atoms with Crippen LogP contribution in [0.1, 0.15) is 25.3 Å². The van der Waals surface area contributed by atoms with Crippen LogP contribution in [0.4, 0.5) is 0 Å². The van der Waals surface area contributed by atoms with Crippen molar-refractivity contribution in [3.05, 3.63) is 34.9 Å². The van der Waals surface area contributed by atoms with Gasteiger partial charge in [-0.3, -0.25) is 0 Å². The Labute approximate surface area is 130 Å². The molecule has 0 spiro atoms. The summed E-state index contributed by atoms with van der Waals surface area (Å²) in [6.07, 6.45) is 2.65. The number of nitrogens with one attached hydrogen (secondary N) is 2. The van der Waals surface area contributed by atoms with Crippen molar-refractivity contribution in [3.8, 4) is 0 Å². The minimum atomic E-state index is 0.647. The fraction of sp³-hybridized carbons (Fsp3) is 0.533. The van der Waals surface area contributed by atoms with Gasteiger partial charge in [-0.1, -0.05) is 23.7 Å². The fourth-order valence-electron chi connectivity index (χ4n) is 2.16.